The molecule has 1 aromatic carbocycles. The first kappa shape index (κ1) is 12.5. The monoisotopic (exact) mass is 242 g/mol. The van der Waals surface area contributed by atoms with Crippen molar-refractivity contribution in [3.8, 4) is 0 Å². The molecule has 1 aliphatic heterocycles. The number of benzene rings is 1. The maximum absolute atomic E-state index is 13.3. The van der Waals surface area contributed by atoms with Crippen LogP contribution in [-0.4, -0.2) is 23.9 Å². The number of hydrogen-bond acceptors (Lipinski definition) is 2. The summed E-state index contributed by atoms with van der Waals surface area (Å²) in [5.41, 5.74) is 0.344. The fourth-order valence-electron chi connectivity index (χ4n) is 2.16. The van der Waals surface area contributed by atoms with Crippen LogP contribution >= 0.6 is 0 Å². The van der Waals surface area contributed by atoms with Crippen molar-refractivity contribution in [1.82, 2.24) is 0 Å². The van der Waals surface area contributed by atoms with Gasteiger partial charge in [-0.25, -0.2) is 8.78 Å². The van der Waals surface area contributed by atoms with Gasteiger partial charge in [0.1, 0.15) is 11.6 Å². The minimum Gasteiger partial charge on any atom is -0.393 e. The molecular weight excluding hydrogens is 226 g/mol. The van der Waals surface area contributed by atoms with Crippen LogP contribution in [0.3, 0.4) is 0 Å². The van der Waals surface area contributed by atoms with Gasteiger partial charge < -0.3 is 9.84 Å². The molecule has 0 aliphatic carbocycles. The highest BCUT2D eigenvalue weighted by molar-refractivity contribution is 5.19. The third-order valence-corrected chi connectivity index (χ3v) is 3.03. The van der Waals surface area contributed by atoms with E-state index in [1.165, 1.54) is 12.1 Å². The second-order valence-corrected chi connectivity index (χ2v) is 4.46. The Morgan fingerprint density at radius 2 is 2.24 bits per heavy atom. The van der Waals surface area contributed by atoms with Crippen LogP contribution in [0.4, 0.5) is 8.78 Å². The van der Waals surface area contributed by atoms with Gasteiger partial charge in [-0.3, -0.25) is 0 Å². The van der Waals surface area contributed by atoms with Crippen molar-refractivity contribution in [2.75, 3.05) is 6.61 Å². The highest BCUT2D eigenvalue weighted by Gasteiger charge is 2.20. The van der Waals surface area contributed by atoms with Gasteiger partial charge in [0.15, 0.2) is 0 Å². The molecule has 2 nitrogen and oxygen atoms in total. The summed E-state index contributed by atoms with van der Waals surface area (Å²) >= 11 is 0. The van der Waals surface area contributed by atoms with Crippen molar-refractivity contribution in [3.05, 3.63) is 35.4 Å². The van der Waals surface area contributed by atoms with Crippen molar-refractivity contribution in [2.45, 2.75) is 37.9 Å². The summed E-state index contributed by atoms with van der Waals surface area (Å²) in [5, 5.41) is 9.82. The Balaban J connectivity index is 1.90. The van der Waals surface area contributed by atoms with E-state index in [2.05, 4.69) is 0 Å². The van der Waals surface area contributed by atoms with Crippen LogP contribution in [0.2, 0.25) is 0 Å². The molecule has 0 bridgehead atoms. The summed E-state index contributed by atoms with van der Waals surface area (Å²) in [5.74, 6) is -1.20. The van der Waals surface area contributed by atoms with Crippen LogP contribution < -0.4 is 0 Å². The van der Waals surface area contributed by atoms with Gasteiger partial charge in [0.25, 0.3) is 0 Å². The van der Waals surface area contributed by atoms with Gasteiger partial charge in [0, 0.05) is 19.1 Å². The number of ether oxygens (including phenoxy) is 1. The molecule has 1 aliphatic rings. The zero-order valence-corrected chi connectivity index (χ0v) is 9.53. The van der Waals surface area contributed by atoms with Crippen LogP contribution in [-0.2, 0) is 11.2 Å². The maximum Gasteiger partial charge on any atom is 0.129 e. The third kappa shape index (κ3) is 3.48. The Kier molecular flexibility index (Phi) is 4.07. The van der Waals surface area contributed by atoms with Gasteiger partial charge in [0.2, 0.25) is 0 Å². The zero-order chi connectivity index (χ0) is 12.3. The topological polar surface area (TPSA) is 29.5 Å². The Morgan fingerprint density at radius 1 is 1.41 bits per heavy atom. The number of rotatable bonds is 4. The first-order chi connectivity index (χ1) is 8.15. The summed E-state index contributed by atoms with van der Waals surface area (Å²) in [4.78, 5) is 0. The molecule has 17 heavy (non-hydrogen) atoms. The molecule has 1 heterocycles. The summed E-state index contributed by atoms with van der Waals surface area (Å²) in [7, 11) is 0. The van der Waals surface area contributed by atoms with Crippen LogP contribution in [0, 0.1) is 11.6 Å². The fourth-order valence-corrected chi connectivity index (χ4v) is 2.16. The standard InChI is InChI=1S/C13H16F2O2/c14-10-4-3-9(13(15)7-10)6-11(16)8-12-2-1-5-17-12/h3-4,7,11-12,16H,1-2,5-6,8H2. The molecule has 2 rings (SSSR count). The first-order valence-corrected chi connectivity index (χ1v) is 5.89. The average Bonchev–Trinajstić information content (AvgIpc) is 2.75. The number of aliphatic hydroxyl groups excluding tert-OH is 1. The Bertz CT molecular complexity index is 376. The lowest BCUT2D eigenvalue weighted by Crippen LogP contribution is -2.19. The average molecular weight is 242 g/mol. The predicted octanol–water partition coefficient (Wildman–Crippen LogP) is 2.44. The molecule has 2 atom stereocenters. The van der Waals surface area contributed by atoms with Crippen LogP contribution in [0.1, 0.15) is 24.8 Å². The first-order valence-electron chi connectivity index (χ1n) is 5.89. The molecule has 1 aromatic rings. The van der Waals surface area contributed by atoms with Crippen LogP contribution in [0.5, 0.6) is 0 Å². The Hall–Kier alpha value is -1.00. The normalized spacial score (nSPS) is 21.7. The van der Waals surface area contributed by atoms with Gasteiger partial charge in [-0.05, 0) is 30.9 Å². The van der Waals surface area contributed by atoms with E-state index in [0.717, 1.165) is 25.5 Å². The summed E-state index contributed by atoms with van der Waals surface area (Å²) in [6.07, 6.45) is 2.11. The Morgan fingerprint density at radius 3 is 2.88 bits per heavy atom. The summed E-state index contributed by atoms with van der Waals surface area (Å²) < 4.78 is 31.4. The Labute approximate surface area is 99.2 Å². The molecule has 0 spiro atoms. The van der Waals surface area contributed by atoms with Crippen molar-refractivity contribution < 1.29 is 18.6 Å². The van der Waals surface area contributed by atoms with E-state index in [4.69, 9.17) is 4.74 Å². The quantitative estimate of drug-likeness (QED) is 0.878. The van der Waals surface area contributed by atoms with Crippen molar-refractivity contribution in [1.29, 1.82) is 0 Å². The lowest BCUT2D eigenvalue weighted by Gasteiger charge is -2.15. The van der Waals surface area contributed by atoms with Crippen molar-refractivity contribution in [3.63, 3.8) is 0 Å². The number of hydrogen-bond donors (Lipinski definition) is 1. The van der Waals surface area contributed by atoms with E-state index in [-0.39, 0.29) is 12.5 Å². The van der Waals surface area contributed by atoms with Crippen molar-refractivity contribution >= 4 is 0 Å². The van der Waals surface area contributed by atoms with Gasteiger partial charge >= 0.3 is 0 Å². The van der Waals surface area contributed by atoms with Gasteiger partial charge in [-0.1, -0.05) is 6.07 Å². The third-order valence-electron chi connectivity index (χ3n) is 3.03. The maximum atomic E-state index is 13.3. The minimum absolute atomic E-state index is 0.0773. The van der Waals surface area contributed by atoms with E-state index >= 15 is 0 Å². The second-order valence-electron chi connectivity index (χ2n) is 4.46. The predicted molar refractivity (Wildman–Crippen MR) is 59.7 cm³/mol. The second kappa shape index (κ2) is 5.56. The van der Waals surface area contributed by atoms with Crippen LogP contribution in [0.25, 0.3) is 0 Å². The molecule has 1 N–H and O–H groups in total. The molecule has 0 radical (unpaired) electrons. The van der Waals surface area contributed by atoms with Gasteiger partial charge in [-0.2, -0.15) is 0 Å². The van der Waals surface area contributed by atoms with Crippen LogP contribution in [0.15, 0.2) is 18.2 Å². The largest absolute Gasteiger partial charge is 0.393 e. The van der Waals surface area contributed by atoms with E-state index in [1.54, 1.807) is 0 Å². The highest BCUT2D eigenvalue weighted by atomic mass is 19.1. The molecule has 0 saturated carbocycles. The summed E-state index contributed by atoms with van der Waals surface area (Å²) in [6, 6.07) is 3.43. The number of halogens is 2. The molecule has 4 heteroatoms. The molecule has 0 aromatic heterocycles. The van der Waals surface area contributed by atoms with Gasteiger partial charge in [-0.15, -0.1) is 0 Å². The van der Waals surface area contributed by atoms with E-state index < -0.39 is 17.7 Å². The molecule has 1 fully saturated rings. The fraction of sp³-hybridized carbons (Fsp3) is 0.538. The van der Waals surface area contributed by atoms with E-state index in [1.807, 2.05) is 0 Å². The molecular formula is C13H16F2O2. The minimum atomic E-state index is -0.641. The molecule has 94 valence electrons. The lowest BCUT2D eigenvalue weighted by atomic mass is 10.0. The molecule has 2 unspecified atom stereocenters. The molecule has 1 saturated heterocycles. The van der Waals surface area contributed by atoms with Gasteiger partial charge in [0.05, 0.1) is 12.2 Å². The van der Waals surface area contributed by atoms with E-state index in [0.29, 0.717) is 12.0 Å². The number of aliphatic hydroxyl groups is 1. The zero-order valence-electron chi connectivity index (χ0n) is 9.53. The van der Waals surface area contributed by atoms with E-state index in [9.17, 15) is 13.9 Å². The lowest BCUT2D eigenvalue weighted by molar-refractivity contribution is 0.0537. The molecule has 0 amide bonds. The van der Waals surface area contributed by atoms with Crippen molar-refractivity contribution in [2.24, 2.45) is 0 Å². The smallest absolute Gasteiger partial charge is 0.129 e. The highest BCUT2D eigenvalue weighted by Crippen LogP contribution is 2.19. The SMILES string of the molecule is OC(Cc1ccc(F)cc1F)CC1CCCO1. The summed E-state index contributed by atoms with van der Waals surface area (Å²) in [6.45, 7) is 0.738.